The molecule has 1 N–H and O–H groups in total. The Balaban J connectivity index is 2.53. The Hall–Kier alpha value is -0.0900. The molecule has 4 heteroatoms. The minimum Gasteiger partial charge on any atom is -0.387 e. The standard InChI is InChI=1S/C9H13ClO2S/c1-6(12-2)5-7(11)8-3-4-9(10)13-8/h3-4,6-7,11H,5H2,1-2H3. The molecule has 0 amide bonds. The van der Waals surface area contributed by atoms with Crippen LogP contribution >= 0.6 is 22.9 Å². The lowest BCUT2D eigenvalue weighted by Gasteiger charge is -2.13. The first-order valence-corrected chi connectivity index (χ1v) is 5.29. The Morgan fingerprint density at radius 1 is 1.62 bits per heavy atom. The van der Waals surface area contributed by atoms with Crippen molar-refractivity contribution in [3.63, 3.8) is 0 Å². The van der Waals surface area contributed by atoms with Crippen molar-refractivity contribution < 1.29 is 9.84 Å². The zero-order valence-corrected chi connectivity index (χ0v) is 9.23. The zero-order valence-electron chi connectivity index (χ0n) is 7.66. The normalized spacial score (nSPS) is 15.7. The van der Waals surface area contributed by atoms with Crippen molar-refractivity contribution in [1.29, 1.82) is 0 Å². The van der Waals surface area contributed by atoms with Crippen molar-refractivity contribution in [1.82, 2.24) is 0 Å². The first-order chi connectivity index (χ1) is 6.13. The van der Waals surface area contributed by atoms with E-state index in [0.29, 0.717) is 10.8 Å². The molecule has 0 bridgehead atoms. The van der Waals surface area contributed by atoms with E-state index < -0.39 is 6.10 Å². The molecule has 0 saturated heterocycles. The van der Waals surface area contributed by atoms with Crippen LogP contribution in [0.5, 0.6) is 0 Å². The van der Waals surface area contributed by atoms with Gasteiger partial charge >= 0.3 is 0 Å². The maximum Gasteiger partial charge on any atom is 0.0932 e. The van der Waals surface area contributed by atoms with E-state index >= 15 is 0 Å². The van der Waals surface area contributed by atoms with E-state index in [1.54, 1.807) is 13.2 Å². The van der Waals surface area contributed by atoms with Crippen LogP contribution in [0.15, 0.2) is 12.1 Å². The lowest BCUT2D eigenvalue weighted by molar-refractivity contribution is 0.0573. The predicted molar refractivity (Wildman–Crippen MR) is 55.4 cm³/mol. The summed E-state index contributed by atoms with van der Waals surface area (Å²) in [6.45, 7) is 1.93. The van der Waals surface area contributed by atoms with Gasteiger partial charge in [0, 0.05) is 18.4 Å². The minimum absolute atomic E-state index is 0.0656. The van der Waals surface area contributed by atoms with Crippen molar-refractivity contribution in [2.75, 3.05) is 7.11 Å². The maximum atomic E-state index is 9.71. The molecule has 0 aliphatic heterocycles. The third-order valence-electron chi connectivity index (χ3n) is 1.88. The van der Waals surface area contributed by atoms with Crippen molar-refractivity contribution in [2.24, 2.45) is 0 Å². The second-order valence-corrected chi connectivity index (χ2v) is 4.69. The molecule has 0 fully saturated rings. The highest BCUT2D eigenvalue weighted by molar-refractivity contribution is 7.16. The molecule has 2 atom stereocenters. The summed E-state index contributed by atoms with van der Waals surface area (Å²) in [6.07, 6.45) is 0.205. The second-order valence-electron chi connectivity index (χ2n) is 2.94. The van der Waals surface area contributed by atoms with Crippen LogP contribution < -0.4 is 0 Å². The number of methoxy groups -OCH3 is 1. The van der Waals surface area contributed by atoms with Crippen LogP contribution in [0.3, 0.4) is 0 Å². The van der Waals surface area contributed by atoms with Gasteiger partial charge in [0.1, 0.15) is 0 Å². The van der Waals surface area contributed by atoms with Crippen LogP contribution in [0.25, 0.3) is 0 Å². The van der Waals surface area contributed by atoms with Crippen molar-refractivity contribution in [3.8, 4) is 0 Å². The number of halogens is 1. The highest BCUT2D eigenvalue weighted by atomic mass is 35.5. The lowest BCUT2D eigenvalue weighted by Crippen LogP contribution is -2.09. The summed E-state index contributed by atoms with van der Waals surface area (Å²) in [4.78, 5) is 0.897. The molecule has 0 aromatic carbocycles. The average Bonchev–Trinajstić information content (AvgIpc) is 2.51. The summed E-state index contributed by atoms with van der Waals surface area (Å²) in [5.41, 5.74) is 0. The van der Waals surface area contributed by atoms with Gasteiger partial charge in [-0.25, -0.2) is 0 Å². The summed E-state index contributed by atoms with van der Waals surface area (Å²) >= 11 is 7.16. The number of ether oxygens (including phenoxy) is 1. The van der Waals surface area contributed by atoms with Crippen LogP contribution in [0.2, 0.25) is 4.34 Å². The number of rotatable bonds is 4. The second kappa shape index (κ2) is 4.96. The molecule has 0 radical (unpaired) electrons. The summed E-state index contributed by atoms with van der Waals surface area (Å²) < 4.78 is 5.77. The smallest absolute Gasteiger partial charge is 0.0932 e. The SMILES string of the molecule is COC(C)CC(O)c1ccc(Cl)s1. The van der Waals surface area contributed by atoms with Crippen molar-refractivity contribution in [3.05, 3.63) is 21.3 Å². The maximum absolute atomic E-state index is 9.71. The van der Waals surface area contributed by atoms with E-state index in [2.05, 4.69) is 0 Å². The lowest BCUT2D eigenvalue weighted by atomic mass is 10.1. The van der Waals surface area contributed by atoms with Gasteiger partial charge in [-0.05, 0) is 19.1 Å². The van der Waals surface area contributed by atoms with Crippen LogP contribution in [0.4, 0.5) is 0 Å². The first-order valence-electron chi connectivity index (χ1n) is 4.09. The molecular formula is C9H13ClO2S. The van der Waals surface area contributed by atoms with E-state index in [1.165, 1.54) is 11.3 Å². The molecule has 1 aromatic rings. The van der Waals surface area contributed by atoms with Crippen molar-refractivity contribution in [2.45, 2.75) is 25.6 Å². The Bertz CT molecular complexity index is 262. The summed E-state index contributed by atoms with van der Waals surface area (Å²) in [7, 11) is 1.64. The van der Waals surface area contributed by atoms with Gasteiger partial charge in [0.05, 0.1) is 16.5 Å². The molecule has 1 aromatic heterocycles. The Labute approximate surface area is 87.1 Å². The quantitative estimate of drug-likeness (QED) is 0.846. The number of hydrogen-bond acceptors (Lipinski definition) is 3. The van der Waals surface area contributed by atoms with Gasteiger partial charge in [-0.1, -0.05) is 11.6 Å². The van der Waals surface area contributed by atoms with E-state index in [9.17, 15) is 5.11 Å². The molecule has 1 rings (SSSR count). The number of aliphatic hydroxyl groups excluding tert-OH is 1. The largest absolute Gasteiger partial charge is 0.387 e. The van der Waals surface area contributed by atoms with Gasteiger partial charge in [0.2, 0.25) is 0 Å². The third kappa shape index (κ3) is 3.27. The minimum atomic E-state index is -0.465. The first kappa shape index (κ1) is 11.0. The summed E-state index contributed by atoms with van der Waals surface area (Å²) in [5.74, 6) is 0. The van der Waals surface area contributed by atoms with Gasteiger partial charge in [0.25, 0.3) is 0 Å². The summed E-state index contributed by atoms with van der Waals surface area (Å²) in [5, 5.41) is 9.71. The van der Waals surface area contributed by atoms with E-state index in [0.717, 1.165) is 4.88 Å². The Morgan fingerprint density at radius 2 is 2.31 bits per heavy atom. The van der Waals surface area contributed by atoms with Gasteiger partial charge in [-0.15, -0.1) is 11.3 Å². The van der Waals surface area contributed by atoms with E-state index in [1.807, 2.05) is 13.0 Å². The predicted octanol–water partition coefficient (Wildman–Crippen LogP) is 2.86. The van der Waals surface area contributed by atoms with Gasteiger partial charge in [-0.2, -0.15) is 0 Å². The van der Waals surface area contributed by atoms with Crippen LogP contribution in [-0.4, -0.2) is 18.3 Å². The zero-order chi connectivity index (χ0) is 9.84. The van der Waals surface area contributed by atoms with Gasteiger partial charge in [-0.3, -0.25) is 0 Å². The number of aliphatic hydroxyl groups is 1. The summed E-state index contributed by atoms with van der Waals surface area (Å²) in [6, 6.07) is 3.64. The van der Waals surface area contributed by atoms with Crippen LogP contribution in [0.1, 0.15) is 24.3 Å². The topological polar surface area (TPSA) is 29.5 Å². The molecule has 13 heavy (non-hydrogen) atoms. The molecule has 2 nitrogen and oxygen atoms in total. The number of thiophene rings is 1. The molecule has 1 heterocycles. The molecular weight excluding hydrogens is 208 g/mol. The molecule has 0 aliphatic rings. The Kier molecular flexibility index (Phi) is 4.19. The monoisotopic (exact) mass is 220 g/mol. The molecule has 0 aliphatic carbocycles. The van der Waals surface area contributed by atoms with E-state index in [-0.39, 0.29) is 6.10 Å². The van der Waals surface area contributed by atoms with E-state index in [4.69, 9.17) is 16.3 Å². The Morgan fingerprint density at radius 3 is 2.77 bits per heavy atom. The highest BCUT2D eigenvalue weighted by Crippen LogP contribution is 2.29. The fourth-order valence-electron chi connectivity index (χ4n) is 1.03. The third-order valence-corrected chi connectivity index (χ3v) is 3.21. The highest BCUT2D eigenvalue weighted by Gasteiger charge is 2.13. The van der Waals surface area contributed by atoms with Gasteiger partial charge in [0.15, 0.2) is 0 Å². The average molecular weight is 221 g/mol. The molecule has 74 valence electrons. The fourth-order valence-corrected chi connectivity index (χ4v) is 2.09. The van der Waals surface area contributed by atoms with Crippen LogP contribution in [-0.2, 0) is 4.74 Å². The molecule has 0 saturated carbocycles. The molecule has 2 unspecified atom stereocenters. The fraction of sp³-hybridized carbons (Fsp3) is 0.556. The number of hydrogen-bond donors (Lipinski definition) is 1. The van der Waals surface area contributed by atoms with Crippen molar-refractivity contribution >= 4 is 22.9 Å². The van der Waals surface area contributed by atoms with Crippen LogP contribution in [0, 0.1) is 0 Å². The molecule has 0 spiro atoms. The van der Waals surface area contributed by atoms with Gasteiger partial charge < -0.3 is 9.84 Å².